The van der Waals surface area contributed by atoms with Gasteiger partial charge in [0.15, 0.2) is 0 Å². The van der Waals surface area contributed by atoms with Crippen molar-refractivity contribution in [3.05, 3.63) is 82.7 Å². The molecular weight excluding hydrogens is 438 g/mol. The van der Waals surface area contributed by atoms with Crippen molar-refractivity contribution in [2.45, 2.75) is 13.8 Å². The normalized spacial score (nSPS) is 14.4. The quantitative estimate of drug-likeness (QED) is 0.380. The molecule has 0 bridgehead atoms. The van der Waals surface area contributed by atoms with Gasteiger partial charge in [-0.05, 0) is 55.3 Å². The number of hydrogen-bond donors (Lipinski definition) is 3. The molecule has 2 aromatic carbocycles. The van der Waals surface area contributed by atoms with Crippen molar-refractivity contribution in [2.75, 3.05) is 11.9 Å². The molecule has 172 valence electrons. The van der Waals surface area contributed by atoms with Gasteiger partial charge in [-0.2, -0.15) is 0 Å². The molecule has 1 aliphatic rings. The molecule has 3 N–H and O–H groups in total. The van der Waals surface area contributed by atoms with Gasteiger partial charge in [0.2, 0.25) is 5.91 Å². The maximum atomic E-state index is 12.7. The summed E-state index contributed by atoms with van der Waals surface area (Å²) in [5, 5.41) is 14.3. The van der Waals surface area contributed by atoms with Gasteiger partial charge in [0, 0.05) is 17.3 Å². The molecule has 0 unspecified atom stereocenters. The summed E-state index contributed by atoms with van der Waals surface area (Å²) in [7, 11) is 0. The first kappa shape index (κ1) is 22.5. The lowest BCUT2D eigenvalue weighted by molar-refractivity contribution is -0.127. The number of carboxylic acid groups (broad SMARTS) is 1. The Balaban J connectivity index is 1.47. The Morgan fingerprint density at radius 3 is 2.53 bits per heavy atom. The number of carboxylic acids is 1. The Morgan fingerprint density at radius 1 is 1.06 bits per heavy atom. The number of nitrogens with one attached hydrogen (secondary N) is 2. The summed E-state index contributed by atoms with van der Waals surface area (Å²) < 4.78 is 5.78. The van der Waals surface area contributed by atoms with Crippen molar-refractivity contribution in [3.63, 3.8) is 0 Å². The summed E-state index contributed by atoms with van der Waals surface area (Å²) >= 11 is 0. The van der Waals surface area contributed by atoms with Crippen LogP contribution in [0.5, 0.6) is 0 Å². The van der Waals surface area contributed by atoms with E-state index in [4.69, 9.17) is 9.52 Å². The molecular formula is C25H21N3O6. The zero-order valence-corrected chi connectivity index (χ0v) is 18.4. The van der Waals surface area contributed by atoms with Gasteiger partial charge in [-0.25, -0.2) is 14.5 Å². The van der Waals surface area contributed by atoms with Crippen LogP contribution in [0.15, 0.2) is 64.7 Å². The fourth-order valence-corrected chi connectivity index (χ4v) is 3.55. The van der Waals surface area contributed by atoms with E-state index in [9.17, 15) is 19.2 Å². The monoisotopic (exact) mass is 459 g/mol. The molecule has 9 heteroatoms. The van der Waals surface area contributed by atoms with Crippen LogP contribution < -0.4 is 10.6 Å². The third kappa shape index (κ3) is 4.58. The van der Waals surface area contributed by atoms with Gasteiger partial charge in [-0.1, -0.05) is 24.3 Å². The van der Waals surface area contributed by atoms with Crippen molar-refractivity contribution in [3.8, 4) is 11.3 Å². The van der Waals surface area contributed by atoms with E-state index < -0.39 is 30.4 Å². The highest BCUT2D eigenvalue weighted by Gasteiger charge is 2.35. The van der Waals surface area contributed by atoms with Crippen molar-refractivity contribution < 1.29 is 28.7 Å². The molecule has 2 heterocycles. The largest absolute Gasteiger partial charge is 0.478 e. The second kappa shape index (κ2) is 9.07. The molecule has 1 fully saturated rings. The van der Waals surface area contributed by atoms with Gasteiger partial charge in [-0.3, -0.25) is 9.59 Å². The smallest absolute Gasteiger partial charge is 0.335 e. The second-order valence-corrected chi connectivity index (χ2v) is 7.78. The summed E-state index contributed by atoms with van der Waals surface area (Å²) in [6.07, 6.45) is 1.38. The first-order valence-corrected chi connectivity index (χ1v) is 10.4. The maximum absolute atomic E-state index is 12.7. The summed E-state index contributed by atoms with van der Waals surface area (Å²) in [6.45, 7) is 3.17. The summed E-state index contributed by atoms with van der Waals surface area (Å²) in [5.74, 6) is -1.38. The minimum Gasteiger partial charge on any atom is -0.478 e. The van der Waals surface area contributed by atoms with Gasteiger partial charge in [0.25, 0.3) is 5.91 Å². The highest BCUT2D eigenvalue weighted by molar-refractivity contribution is 6.15. The summed E-state index contributed by atoms with van der Waals surface area (Å²) in [4.78, 5) is 49.3. The third-order valence-corrected chi connectivity index (χ3v) is 5.34. The first-order chi connectivity index (χ1) is 16.2. The predicted molar refractivity (Wildman–Crippen MR) is 124 cm³/mol. The lowest BCUT2D eigenvalue weighted by Crippen LogP contribution is -2.38. The van der Waals surface area contributed by atoms with Crippen LogP contribution in [-0.4, -0.2) is 40.4 Å². The number of para-hydroxylation sites is 1. The molecule has 0 radical (unpaired) electrons. The van der Waals surface area contributed by atoms with E-state index in [0.29, 0.717) is 28.3 Å². The van der Waals surface area contributed by atoms with E-state index in [0.717, 1.165) is 10.5 Å². The highest BCUT2D eigenvalue weighted by atomic mass is 16.4. The fourth-order valence-electron chi connectivity index (χ4n) is 3.55. The number of amides is 4. The van der Waals surface area contributed by atoms with Crippen molar-refractivity contribution in [1.82, 2.24) is 10.2 Å². The number of carbonyl (C=O) groups excluding carboxylic acids is 3. The number of hydrogen-bond acceptors (Lipinski definition) is 5. The number of rotatable bonds is 6. The number of benzene rings is 2. The third-order valence-electron chi connectivity index (χ3n) is 5.34. The van der Waals surface area contributed by atoms with Gasteiger partial charge in [0.05, 0.1) is 5.56 Å². The highest BCUT2D eigenvalue weighted by Crippen LogP contribution is 2.27. The molecule has 1 saturated heterocycles. The number of aromatic carboxylic acids is 1. The van der Waals surface area contributed by atoms with Crippen LogP contribution in [0.2, 0.25) is 0 Å². The van der Waals surface area contributed by atoms with Gasteiger partial charge in [0.1, 0.15) is 23.8 Å². The van der Waals surface area contributed by atoms with Crippen molar-refractivity contribution >= 4 is 35.6 Å². The van der Waals surface area contributed by atoms with Crippen molar-refractivity contribution in [2.24, 2.45) is 0 Å². The molecule has 9 nitrogen and oxygen atoms in total. The van der Waals surface area contributed by atoms with E-state index in [1.165, 1.54) is 12.1 Å². The molecule has 0 atom stereocenters. The lowest BCUT2D eigenvalue weighted by Gasteiger charge is -2.13. The minimum absolute atomic E-state index is 0.0208. The molecule has 1 aromatic heterocycles. The Labute approximate surface area is 194 Å². The van der Waals surface area contributed by atoms with Crippen molar-refractivity contribution in [1.29, 1.82) is 0 Å². The van der Waals surface area contributed by atoms with E-state index in [2.05, 4.69) is 10.6 Å². The molecule has 0 aliphatic carbocycles. The van der Waals surface area contributed by atoms with Crippen LogP contribution in [-0.2, 0) is 9.59 Å². The standard InChI is InChI=1S/C25H21N3O6/c1-14-5-3-4-6-19(14)26-22(29)13-28-23(30)20(27-25(28)33)12-17-8-10-21(34-17)18-9-7-16(24(31)32)11-15(18)2/h3-12H,13H2,1-2H3,(H,26,29)(H,27,33)(H,31,32)/b20-12+. The zero-order chi connectivity index (χ0) is 24.4. The average molecular weight is 459 g/mol. The number of urea groups is 1. The van der Waals surface area contributed by atoms with E-state index in [1.54, 1.807) is 43.3 Å². The minimum atomic E-state index is -1.02. The molecule has 0 saturated carbocycles. The number of imide groups is 1. The number of furan rings is 1. The topological polar surface area (TPSA) is 129 Å². The van der Waals surface area contributed by atoms with Crippen LogP contribution in [0.1, 0.15) is 27.2 Å². The summed E-state index contributed by atoms with van der Waals surface area (Å²) in [5.41, 5.74) is 3.02. The molecule has 34 heavy (non-hydrogen) atoms. The Morgan fingerprint density at radius 2 is 1.82 bits per heavy atom. The summed E-state index contributed by atoms with van der Waals surface area (Å²) in [6, 6.07) is 14.4. The number of nitrogens with zero attached hydrogens (tertiary/aromatic N) is 1. The van der Waals surface area contributed by atoms with Crippen LogP contribution in [0, 0.1) is 13.8 Å². The second-order valence-electron chi connectivity index (χ2n) is 7.78. The van der Waals surface area contributed by atoms with Crippen LogP contribution >= 0.6 is 0 Å². The Bertz CT molecular complexity index is 1350. The zero-order valence-electron chi connectivity index (χ0n) is 18.4. The van der Waals surface area contributed by atoms with E-state index in [-0.39, 0.29) is 11.3 Å². The number of aryl methyl sites for hydroxylation is 2. The van der Waals surface area contributed by atoms with Gasteiger partial charge in [-0.15, -0.1) is 0 Å². The van der Waals surface area contributed by atoms with Gasteiger partial charge < -0.3 is 20.2 Å². The van der Waals surface area contributed by atoms with E-state index >= 15 is 0 Å². The SMILES string of the molecule is Cc1ccccc1NC(=O)CN1C(=O)N/C(=C/c2ccc(-c3ccc(C(=O)O)cc3C)o2)C1=O. The first-order valence-electron chi connectivity index (χ1n) is 10.4. The Kier molecular flexibility index (Phi) is 6.01. The molecule has 4 amide bonds. The fraction of sp³-hybridized carbons (Fsp3) is 0.120. The van der Waals surface area contributed by atoms with Crippen LogP contribution in [0.25, 0.3) is 17.4 Å². The van der Waals surface area contributed by atoms with Gasteiger partial charge >= 0.3 is 12.0 Å². The lowest BCUT2D eigenvalue weighted by atomic mass is 10.0. The van der Waals surface area contributed by atoms with E-state index in [1.807, 2.05) is 19.1 Å². The number of carbonyl (C=O) groups is 4. The molecule has 1 aliphatic heterocycles. The van der Waals surface area contributed by atoms with Crippen LogP contribution in [0.3, 0.4) is 0 Å². The molecule has 0 spiro atoms. The number of anilines is 1. The predicted octanol–water partition coefficient (Wildman–Crippen LogP) is 3.79. The molecule has 3 aromatic rings. The van der Waals surface area contributed by atoms with Crippen LogP contribution in [0.4, 0.5) is 10.5 Å². The average Bonchev–Trinajstić information content (AvgIpc) is 3.35. The maximum Gasteiger partial charge on any atom is 0.335 e. The molecule has 4 rings (SSSR count). The Hall–Kier alpha value is -4.66.